The summed E-state index contributed by atoms with van der Waals surface area (Å²) >= 11 is 3.83. The number of fused-ring (bicyclic) bond motifs is 6. The lowest BCUT2D eigenvalue weighted by Crippen LogP contribution is -1.93. The second-order valence-electron chi connectivity index (χ2n) is 11.7. The van der Waals surface area contributed by atoms with E-state index in [0.29, 0.717) is 0 Å². The molecule has 0 bridgehead atoms. The van der Waals surface area contributed by atoms with Crippen LogP contribution < -0.4 is 0 Å². The van der Waals surface area contributed by atoms with Gasteiger partial charge in [0.1, 0.15) is 0 Å². The smallest absolute Gasteiger partial charge is 0.0254 e. The Balaban J connectivity index is 1.47. The van der Waals surface area contributed by atoms with Crippen LogP contribution in [0, 0.1) is 0 Å². The van der Waals surface area contributed by atoms with E-state index in [1.54, 1.807) is 0 Å². The van der Waals surface area contributed by atoms with E-state index < -0.39 is 0 Å². The zero-order valence-electron chi connectivity index (χ0n) is 23.2. The molecule has 0 aromatic heterocycles. The normalized spacial score (nSPS) is 12.3. The minimum atomic E-state index is 1.14. The maximum absolute atomic E-state index is 3.83. The second-order valence-corrected chi connectivity index (χ2v) is 12.5. The van der Waals surface area contributed by atoms with Crippen molar-refractivity contribution in [3.63, 3.8) is 0 Å². The van der Waals surface area contributed by atoms with Gasteiger partial charge in [-0.2, -0.15) is 0 Å². The topological polar surface area (TPSA) is 0 Å². The Bertz CT molecular complexity index is 2450. The Morgan fingerprint density at radius 3 is 1.30 bits per heavy atom. The summed E-state index contributed by atoms with van der Waals surface area (Å²) in [5, 5.41) is 13.2. The number of rotatable bonds is 2. The molecule has 1 aliphatic carbocycles. The lowest BCUT2D eigenvalue weighted by molar-refractivity contribution is 1.62. The van der Waals surface area contributed by atoms with Crippen LogP contribution >= 0.6 is 15.9 Å². The molecule has 0 aliphatic heterocycles. The SMILES string of the molecule is Brc1ccc2c3ccc4c5c(ccc(c6cccc1c62)c53)-c1c-4c(-c2ccccc2)c2ccccc2c1-c1ccccc1. The maximum Gasteiger partial charge on any atom is 0.0254 e. The molecule has 0 N–H and O–H groups in total. The molecule has 1 aliphatic rings. The summed E-state index contributed by atoms with van der Waals surface area (Å²) in [4.78, 5) is 0. The molecule has 0 radical (unpaired) electrons. The highest BCUT2D eigenvalue weighted by atomic mass is 79.9. The Labute approximate surface area is 257 Å². The van der Waals surface area contributed by atoms with Crippen LogP contribution in [0.5, 0.6) is 0 Å². The first-order valence-electron chi connectivity index (χ1n) is 14.8. The van der Waals surface area contributed by atoms with Crippen LogP contribution in [0.25, 0.3) is 98.4 Å². The van der Waals surface area contributed by atoms with Crippen molar-refractivity contribution < 1.29 is 0 Å². The van der Waals surface area contributed by atoms with E-state index in [1.807, 2.05) is 0 Å². The fourth-order valence-electron chi connectivity index (χ4n) is 7.97. The molecule has 0 amide bonds. The Morgan fingerprint density at radius 2 is 0.721 bits per heavy atom. The van der Waals surface area contributed by atoms with Crippen molar-refractivity contribution in [3.05, 3.63) is 144 Å². The second kappa shape index (κ2) is 8.53. The zero-order valence-corrected chi connectivity index (χ0v) is 24.7. The third-order valence-electron chi connectivity index (χ3n) is 9.61. The zero-order chi connectivity index (χ0) is 28.2. The summed E-state index contributed by atoms with van der Waals surface area (Å²) in [5.41, 5.74) is 10.5. The molecule has 0 heterocycles. The molecule has 0 nitrogen and oxygen atoms in total. The molecule has 198 valence electrons. The Morgan fingerprint density at radius 1 is 0.279 bits per heavy atom. The molecular weight excluding hydrogens is 584 g/mol. The van der Waals surface area contributed by atoms with Gasteiger partial charge in [-0.25, -0.2) is 0 Å². The van der Waals surface area contributed by atoms with Crippen LogP contribution in [0.15, 0.2) is 144 Å². The summed E-state index contributed by atoms with van der Waals surface area (Å²) in [7, 11) is 0. The van der Waals surface area contributed by atoms with Gasteiger partial charge < -0.3 is 0 Å². The van der Waals surface area contributed by atoms with Gasteiger partial charge in [0, 0.05) is 4.47 Å². The van der Waals surface area contributed by atoms with Gasteiger partial charge in [0.2, 0.25) is 0 Å². The van der Waals surface area contributed by atoms with E-state index in [1.165, 1.54) is 98.4 Å². The minimum Gasteiger partial charge on any atom is -0.0622 e. The monoisotopic (exact) mass is 606 g/mol. The maximum atomic E-state index is 3.83. The molecule has 1 heteroatoms. The number of halogens is 1. The van der Waals surface area contributed by atoms with Crippen LogP contribution in [-0.2, 0) is 0 Å². The largest absolute Gasteiger partial charge is 0.0622 e. The van der Waals surface area contributed by atoms with Gasteiger partial charge in [0.25, 0.3) is 0 Å². The first-order valence-corrected chi connectivity index (χ1v) is 15.6. The van der Waals surface area contributed by atoms with Gasteiger partial charge in [-0.1, -0.05) is 149 Å². The first kappa shape index (κ1) is 23.6. The molecule has 9 aromatic carbocycles. The Kier molecular flexibility index (Phi) is 4.68. The van der Waals surface area contributed by atoms with Gasteiger partial charge in [0.15, 0.2) is 0 Å². The first-order chi connectivity index (χ1) is 21.3. The van der Waals surface area contributed by atoms with Gasteiger partial charge in [-0.3, -0.25) is 0 Å². The van der Waals surface area contributed by atoms with E-state index >= 15 is 0 Å². The fraction of sp³-hybridized carbons (Fsp3) is 0. The molecule has 43 heavy (non-hydrogen) atoms. The molecule has 0 spiro atoms. The molecule has 0 fully saturated rings. The van der Waals surface area contributed by atoms with Gasteiger partial charge >= 0.3 is 0 Å². The molecule has 0 atom stereocenters. The van der Waals surface area contributed by atoms with E-state index in [4.69, 9.17) is 0 Å². The summed E-state index contributed by atoms with van der Waals surface area (Å²) in [6.45, 7) is 0. The third-order valence-corrected chi connectivity index (χ3v) is 10.3. The molecule has 0 saturated heterocycles. The van der Waals surface area contributed by atoms with Crippen molar-refractivity contribution in [1.82, 2.24) is 0 Å². The van der Waals surface area contributed by atoms with Crippen LogP contribution in [0.2, 0.25) is 0 Å². The van der Waals surface area contributed by atoms with Crippen LogP contribution in [0.1, 0.15) is 0 Å². The average molecular weight is 608 g/mol. The fourth-order valence-corrected chi connectivity index (χ4v) is 8.43. The lowest BCUT2D eigenvalue weighted by atomic mass is 9.82. The van der Waals surface area contributed by atoms with Crippen molar-refractivity contribution in [3.8, 4) is 44.5 Å². The third kappa shape index (κ3) is 3.00. The van der Waals surface area contributed by atoms with E-state index in [2.05, 4.69) is 155 Å². The van der Waals surface area contributed by atoms with Crippen LogP contribution in [0.3, 0.4) is 0 Å². The molecule has 0 saturated carbocycles. The van der Waals surface area contributed by atoms with Crippen LogP contribution in [0.4, 0.5) is 0 Å². The summed E-state index contributed by atoms with van der Waals surface area (Å²) < 4.78 is 1.14. The van der Waals surface area contributed by atoms with Crippen molar-refractivity contribution >= 4 is 69.8 Å². The molecular formula is C42H23Br. The number of hydrogen-bond donors (Lipinski definition) is 0. The van der Waals surface area contributed by atoms with E-state index in [9.17, 15) is 0 Å². The predicted octanol–water partition coefficient (Wildman–Crippen LogP) is 12.6. The summed E-state index contributed by atoms with van der Waals surface area (Å²) in [5.74, 6) is 0. The van der Waals surface area contributed by atoms with Gasteiger partial charge in [-0.05, 0) is 104 Å². The van der Waals surface area contributed by atoms with Gasteiger partial charge in [0.05, 0.1) is 0 Å². The van der Waals surface area contributed by atoms with Crippen molar-refractivity contribution in [1.29, 1.82) is 0 Å². The molecule has 0 unspecified atom stereocenters. The highest BCUT2D eigenvalue weighted by Gasteiger charge is 2.32. The highest BCUT2D eigenvalue weighted by Crippen LogP contribution is 2.59. The van der Waals surface area contributed by atoms with Gasteiger partial charge in [-0.15, -0.1) is 0 Å². The van der Waals surface area contributed by atoms with Crippen LogP contribution in [-0.4, -0.2) is 0 Å². The predicted molar refractivity (Wildman–Crippen MR) is 188 cm³/mol. The van der Waals surface area contributed by atoms with Crippen molar-refractivity contribution in [2.45, 2.75) is 0 Å². The average Bonchev–Trinajstić information content (AvgIpc) is 3.40. The van der Waals surface area contributed by atoms with E-state index in [0.717, 1.165) is 4.47 Å². The molecule has 10 rings (SSSR count). The number of hydrogen-bond acceptors (Lipinski definition) is 0. The molecule has 9 aromatic rings. The summed E-state index contributed by atoms with van der Waals surface area (Å²) in [6, 6.07) is 51.7. The van der Waals surface area contributed by atoms with Crippen molar-refractivity contribution in [2.24, 2.45) is 0 Å². The van der Waals surface area contributed by atoms with Crippen molar-refractivity contribution in [2.75, 3.05) is 0 Å². The summed E-state index contributed by atoms with van der Waals surface area (Å²) in [6.07, 6.45) is 0. The Hall–Kier alpha value is -4.98. The minimum absolute atomic E-state index is 1.14. The van der Waals surface area contributed by atoms with E-state index in [-0.39, 0.29) is 0 Å². The lowest BCUT2D eigenvalue weighted by Gasteiger charge is -2.20. The quantitative estimate of drug-likeness (QED) is 0.135. The number of benzene rings is 9. The highest BCUT2D eigenvalue weighted by molar-refractivity contribution is 9.10. The standard InChI is InChI=1S/C42H23Br/c43-35-23-22-29-31-19-21-34-40-33(20-18-30(39(31)40)28-16-9-17-32(35)38(28)29)41-36(24-10-3-1-4-11-24)26-14-7-8-15-27(26)37(42(34)41)25-12-5-2-6-13-25/h1-23H.